The Morgan fingerprint density at radius 2 is 2.38 bits per heavy atom. The lowest BCUT2D eigenvalue weighted by Gasteiger charge is -2.19. The lowest BCUT2D eigenvalue weighted by Crippen LogP contribution is -2.26. The summed E-state index contributed by atoms with van der Waals surface area (Å²) in [6, 6.07) is 2.26. The highest BCUT2D eigenvalue weighted by Gasteiger charge is 2.20. The Hall–Kier alpha value is -1.20. The van der Waals surface area contributed by atoms with E-state index in [4.69, 9.17) is 4.74 Å². The van der Waals surface area contributed by atoms with Crippen molar-refractivity contribution in [1.29, 1.82) is 0 Å². The van der Waals surface area contributed by atoms with Crippen LogP contribution >= 0.6 is 0 Å². The molecule has 4 nitrogen and oxygen atoms in total. The normalized spacial score (nSPS) is 19.1. The van der Waals surface area contributed by atoms with Crippen LogP contribution in [0.5, 0.6) is 5.88 Å². The Labute approximate surface area is 126 Å². The maximum atomic E-state index is 14.2. The monoisotopic (exact) mass is 295 g/mol. The minimum Gasteiger partial charge on any atom is -0.476 e. The second-order valence-corrected chi connectivity index (χ2v) is 5.68. The number of pyridine rings is 1. The van der Waals surface area contributed by atoms with Gasteiger partial charge in [0.2, 0.25) is 0 Å². The average Bonchev–Trinajstić information content (AvgIpc) is 2.88. The van der Waals surface area contributed by atoms with Crippen molar-refractivity contribution in [2.75, 3.05) is 26.7 Å². The van der Waals surface area contributed by atoms with Gasteiger partial charge in [-0.1, -0.05) is 6.92 Å². The van der Waals surface area contributed by atoms with E-state index < -0.39 is 0 Å². The summed E-state index contributed by atoms with van der Waals surface area (Å²) in [5, 5.41) is 3.20. The summed E-state index contributed by atoms with van der Waals surface area (Å²) in [6.07, 6.45) is 6.02. The van der Waals surface area contributed by atoms with E-state index in [2.05, 4.69) is 29.2 Å². The Morgan fingerprint density at radius 3 is 3.10 bits per heavy atom. The standard InChI is InChI=1S/C16H26FN3O/c1-3-8-18-12-13-6-9-19-16(15(13)17)21-11-7-14-5-4-10-20(14)2/h6,9,14,18H,3-5,7-8,10-12H2,1-2H3. The number of rotatable bonds is 8. The molecule has 0 saturated carbocycles. The number of halogens is 1. The van der Waals surface area contributed by atoms with Crippen molar-refractivity contribution in [1.82, 2.24) is 15.2 Å². The van der Waals surface area contributed by atoms with E-state index in [0.717, 1.165) is 25.9 Å². The summed E-state index contributed by atoms with van der Waals surface area (Å²) >= 11 is 0. The summed E-state index contributed by atoms with van der Waals surface area (Å²) in [6.45, 7) is 5.15. The largest absolute Gasteiger partial charge is 0.476 e. The van der Waals surface area contributed by atoms with E-state index in [1.807, 2.05) is 0 Å². The highest BCUT2D eigenvalue weighted by Crippen LogP contribution is 2.20. The lowest BCUT2D eigenvalue weighted by atomic mass is 10.1. The SMILES string of the molecule is CCCNCc1ccnc(OCCC2CCCN2C)c1F. The molecule has 2 heterocycles. The van der Waals surface area contributed by atoms with Crippen LogP contribution in [0.15, 0.2) is 12.3 Å². The van der Waals surface area contributed by atoms with Crippen molar-refractivity contribution >= 4 is 0 Å². The van der Waals surface area contributed by atoms with E-state index in [9.17, 15) is 4.39 Å². The Balaban J connectivity index is 1.83. The molecule has 0 spiro atoms. The first kappa shape index (κ1) is 16.2. The van der Waals surface area contributed by atoms with Gasteiger partial charge in [0.05, 0.1) is 6.61 Å². The van der Waals surface area contributed by atoms with E-state index >= 15 is 0 Å². The number of hydrogen-bond acceptors (Lipinski definition) is 4. The molecule has 1 fully saturated rings. The summed E-state index contributed by atoms with van der Waals surface area (Å²) in [5.41, 5.74) is 0.617. The van der Waals surface area contributed by atoms with Gasteiger partial charge >= 0.3 is 0 Å². The van der Waals surface area contributed by atoms with Crippen LogP contribution in [0.25, 0.3) is 0 Å². The van der Waals surface area contributed by atoms with Crippen LogP contribution in [0.2, 0.25) is 0 Å². The fourth-order valence-electron chi connectivity index (χ4n) is 2.73. The van der Waals surface area contributed by atoms with Gasteiger partial charge in [0.1, 0.15) is 0 Å². The van der Waals surface area contributed by atoms with Crippen LogP contribution in [-0.4, -0.2) is 42.7 Å². The van der Waals surface area contributed by atoms with Crippen molar-refractivity contribution in [3.05, 3.63) is 23.6 Å². The van der Waals surface area contributed by atoms with Gasteiger partial charge in [0.25, 0.3) is 5.88 Å². The fourth-order valence-corrected chi connectivity index (χ4v) is 2.73. The smallest absolute Gasteiger partial charge is 0.250 e. The molecule has 1 aliphatic heterocycles. The number of ether oxygens (including phenoxy) is 1. The van der Waals surface area contributed by atoms with Gasteiger partial charge in [0.15, 0.2) is 5.82 Å². The van der Waals surface area contributed by atoms with E-state index in [0.29, 0.717) is 24.8 Å². The molecule has 118 valence electrons. The molecule has 1 aromatic heterocycles. The molecular formula is C16H26FN3O. The molecule has 1 aromatic rings. The molecular weight excluding hydrogens is 269 g/mol. The second kappa shape index (κ2) is 8.29. The number of aromatic nitrogens is 1. The third-order valence-electron chi connectivity index (χ3n) is 4.04. The molecule has 0 radical (unpaired) electrons. The number of hydrogen-bond donors (Lipinski definition) is 1. The molecule has 0 amide bonds. The van der Waals surface area contributed by atoms with Crippen LogP contribution in [0, 0.1) is 5.82 Å². The van der Waals surface area contributed by atoms with Gasteiger partial charge in [-0.15, -0.1) is 0 Å². The van der Waals surface area contributed by atoms with Crippen molar-refractivity contribution in [3.63, 3.8) is 0 Å². The Kier molecular flexibility index (Phi) is 6.39. The molecule has 1 N–H and O–H groups in total. The zero-order chi connectivity index (χ0) is 15.1. The molecule has 1 atom stereocenters. The van der Waals surface area contributed by atoms with Gasteiger partial charge in [-0.25, -0.2) is 9.37 Å². The van der Waals surface area contributed by atoms with Crippen LogP contribution in [0.3, 0.4) is 0 Å². The highest BCUT2D eigenvalue weighted by atomic mass is 19.1. The third-order valence-corrected chi connectivity index (χ3v) is 4.04. The molecule has 1 unspecified atom stereocenters. The molecule has 0 aliphatic carbocycles. The van der Waals surface area contributed by atoms with Gasteiger partial charge < -0.3 is 15.0 Å². The topological polar surface area (TPSA) is 37.4 Å². The van der Waals surface area contributed by atoms with Crippen molar-refractivity contribution < 1.29 is 9.13 Å². The minimum atomic E-state index is -0.333. The van der Waals surface area contributed by atoms with E-state index in [-0.39, 0.29) is 11.7 Å². The van der Waals surface area contributed by atoms with Crippen LogP contribution < -0.4 is 10.1 Å². The summed E-state index contributed by atoms with van der Waals surface area (Å²) in [4.78, 5) is 6.36. The zero-order valence-corrected chi connectivity index (χ0v) is 13.1. The molecule has 0 aromatic carbocycles. The first-order chi connectivity index (χ1) is 10.2. The number of likely N-dealkylation sites (tertiary alicyclic amines) is 1. The average molecular weight is 295 g/mol. The maximum Gasteiger partial charge on any atom is 0.250 e. The number of nitrogens with one attached hydrogen (secondary N) is 1. The van der Waals surface area contributed by atoms with Gasteiger partial charge in [-0.3, -0.25) is 0 Å². The van der Waals surface area contributed by atoms with E-state index in [1.54, 1.807) is 12.3 Å². The molecule has 21 heavy (non-hydrogen) atoms. The quantitative estimate of drug-likeness (QED) is 0.748. The highest BCUT2D eigenvalue weighted by molar-refractivity contribution is 5.23. The first-order valence-electron chi connectivity index (χ1n) is 7.89. The molecule has 1 saturated heterocycles. The van der Waals surface area contributed by atoms with Crippen LogP contribution in [-0.2, 0) is 6.54 Å². The minimum absolute atomic E-state index is 0.131. The Morgan fingerprint density at radius 1 is 1.52 bits per heavy atom. The lowest BCUT2D eigenvalue weighted by molar-refractivity contribution is 0.222. The van der Waals surface area contributed by atoms with Gasteiger partial charge in [0, 0.05) is 24.3 Å². The van der Waals surface area contributed by atoms with Gasteiger partial charge in [-0.05, 0) is 51.9 Å². The van der Waals surface area contributed by atoms with Crippen LogP contribution in [0.4, 0.5) is 4.39 Å². The third kappa shape index (κ3) is 4.64. The molecule has 5 heteroatoms. The zero-order valence-electron chi connectivity index (χ0n) is 13.1. The molecule has 0 bridgehead atoms. The van der Waals surface area contributed by atoms with Gasteiger partial charge in [-0.2, -0.15) is 0 Å². The molecule has 1 aliphatic rings. The summed E-state index contributed by atoms with van der Waals surface area (Å²) < 4.78 is 19.8. The van der Waals surface area contributed by atoms with Crippen molar-refractivity contribution in [2.24, 2.45) is 0 Å². The summed E-state index contributed by atoms with van der Waals surface area (Å²) in [7, 11) is 2.14. The predicted molar refractivity (Wildman–Crippen MR) is 82.0 cm³/mol. The summed E-state index contributed by atoms with van der Waals surface area (Å²) in [5.74, 6) is -0.202. The second-order valence-electron chi connectivity index (χ2n) is 5.68. The fraction of sp³-hybridized carbons (Fsp3) is 0.688. The Bertz CT molecular complexity index is 442. The van der Waals surface area contributed by atoms with Crippen molar-refractivity contribution in [2.45, 2.75) is 45.2 Å². The van der Waals surface area contributed by atoms with E-state index in [1.165, 1.54) is 12.8 Å². The number of nitrogens with zero attached hydrogens (tertiary/aromatic N) is 2. The van der Waals surface area contributed by atoms with Crippen LogP contribution in [0.1, 0.15) is 38.2 Å². The maximum absolute atomic E-state index is 14.2. The first-order valence-corrected chi connectivity index (χ1v) is 7.89. The van der Waals surface area contributed by atoms with Crippen molar-refractivity contribution in [3.8, 4) is 5.88 Å². The predicted octanol–water partition coefficient (Wildman–Crippen LogP) is 2.58. The molecule has 2 rings (SSSR count).